The van der Waals surface area contributed by atoms with Crippen molar-refractivity contribution in [3.05, 3.63) is 66.2 Å². The maximum atomic E-state index is 12.4. The zero-order chi connectivity index (χ0) is 17.9. The Morgan fingerprint density at radius 3 is 2.65 bits per heavy atom. The van der Waals surface area contributed by atoms with Crippen LogP contribution in [0.15, 0.2) is 59.3 Å². The summed E-state index contributed by atoms with van der Waals surface area (Å²) >= 11 is 0. The fourth-order valence-corrected chi connectivity index (χ4v) is 2.89. The largest absolute Gasteiger partial charge is 0.459 e. The quantitative estimate of drug-likeness (QED) is 0.716. The third-order valence-electron chi connectivity index (χ3n) is 4.45. The molecule has 2 aromatic heterocycles. The second-order valence-corrected chi connectivity index (χ2v) is 6.46. The molecule has 0 saturated heterocycles. The smallest absolute Gasteiger partial charge is 0.240 e. The van der Waals surface area contributed by atoms with E-state index in [2.05, 4.69) is 15.6 Å². The summed E-state index contributed by atoms with van der Waals surface area (Å²) in [4.78, 5) is 28.1. The van der Waals surface area contributed by atoms with E-state index in [1.165, 1.54) is 0 Å². The lowest BCUT2D eigenvalue weighted by molar-refractivity contribution is -0.127. The summed E-state index contributed by atoms with van der Waals surface area (Å²) < 4.78 is 5.94. The van der Waals surface area contributed by atoms with Gasteiger partial charge >= 0.3 is 0 Å². The maximum absolute atomic E-state index is 12.4. The molecule has 1 aliphatic carbocycles. The van der Waals surface area contributed by atoms with Crippen molar-refractivity contribution in [3.8, 4) is 0 Å². The van der Waals surface area contributed by atoms with Crippen LogP contribution in [0.25, 0.3) is 11.0 Å². The minimum atomic E-state index is -0.448. The highest BCUT2D eigenvalue weighted by molar-refractivity contribution is 5.87. The molecule has 0 radical (unpaired) electrons. The van der Waals surface area contributed by atoms with E-state index in [1.807, 2.05) is 42.5 Å². The molecule has 4 rings (SSSR count). The van der Waals surface area contributed by atoms with Crippen LogP contribution in [0.4, 0.5) is 0 Å². The van der Waals surface area contributed by atoms with Crippen molar-refractivity contribution in [3.63, 3.8) is 0 Å². The second kappa shape index (κ2) is 7.00. The predicted molar refractivity (Wildman–Crippen MR) is 96.2 cm³/mol. The molecule has 1 unspecified atom stereocenters. The molecular weight excluding hydrogens is 330 g/mol. The number of furan rings is 1. The topological polar surface area (TPSA) is 84.2 Å². The van der Waals surface area contributed by atoms with Crippen LogP contribution in [0, 0.1) is 5.92 Å². The van der Waals surface area contributed by atoms with E-state index in [4.69, 9.17) is 4.42 Å². The van der Waals surface area contributed by atoms with Crippen LogP contribution >= 0.6 is 0 Å². The van der Waals surface area contributed by atoms with Gasteiger partial charge in [-0.25, -0.2) is 0 Å². The van der Waals surface area contributed by atoms with Gasteiger partial charge < -0.3 is 15.1 Å². The van der Waals surface area contributed by atoms with E-state index in [0.29, 0.717) is 5.76 Å². The second-order valence-electron chi connectivity index (χ2n) is 6.46. The number of aromatic nitrogens is 1. The van der Waals surface area contributed by atoms with Gasteiger partial charge in [0.2, 0.25) is 11.8 Å². The lowest BCUT2D eigenvalue weighted by Crippen LogP contribution is -2.39. The van der Waals surface area contributed by atoms with Crippen molar-refractivity contribution in [1.82, 2.24) is 15.6 Å². The first-order valence-electron chi connectivity index (χ1n) is 8.66. The molecule has 1 saturated carbocycles. The van der Waals surface area contributed by atoms with Gasteiger partial charge in [0.1, 0.15) is 17.4 Å². The number of para-hydroxylation sites is 1. The van der Waals surface area contributed by atoms with Crippen molar-refractivity contribution >= 4 is 22.8 Å². The Hall–Kier alpha value is -3.15. The SMILES string of the molecule is O=C(CNC(=O)C1CC1)NC(c1ccncc1)c1cc2ccccc2o1. The number of pyridine rings is 1. The zero-order valence-electron chi connectivity index (χ0n) is 14.1. The summed E-state index contributed by atoms with van der Waals surface area (Å²) in [6.07, 6.45) is 5.16. The molecule has 1 aromatic carbocycles. The highest BCUT2D eigenvalue weighted by atomic mass is 16.3. The number of amides is 2. The monoisotopic (exact) mass is 349 g/mol. The normalized spacial score (nSPS) is 14.8. The molecule has 6 nitrogen and oxygen atoms in total. The third-order valence-corrected chi connectivity index (χ3v) is 4.45. The number of nitrogens with zero attached hydrogens (tertiary/aromatic N) is 1. The van der Waals surface area contributed by atoms with E-state index in [9.17, 15) is 9.59 Å². The zero-order valence-corrected chi connectivity index (χ0v) is 14.1. The van der Waals surface area contributed by atoms with Gasteiger partial charge in [0.25, 0.3) is 0 Å². The number of rotatable bonds is 6. The van der Waals surface area contributed by atoms with E-state index in [0.717, 1.165) is 29.4 Å². The van der Waals surface area contributed by atoms with Crippen molar-refractivity contribution in [2.24, 2.45) is 5.92 Å². The van der Waals surface area contributed by atoms with Gasteiger partial charge in [-0.3, -0.25) is 14.6 Å². The number of hydrogen-bond acceptors (Lipinski definition) is 4. The summed E-state index contributed by atoms with van der Waals surface area (Å²) in [6, 6.07) is 12.8. The van der Waals surface area contributed by atoms with Gasteiger partial charge in [0.15, 0.2) is 0 Å². The average Bonchev–Trinajstić information content (AvgIpc) is 3.43. The Morgan fingerprint density at radius 2 is 1.92 bits per heavy atom. The molecule has 1 aliphatic rings. The van der Waals surface area contributed by atoms with Crippen LogP contribution in [-0.2, 0) is 9.59 Å². The van der Waals surface area contributed by atoms with Crippen LogP contribution in [-0.4, -0.2) is 23.3 Å². The molecule has 2 N–H and O–H groups in total. The van der Waals surface area contributed by atoms with Crippen LogP contribution in [0.3, 0.4) is 0 Å². The van der Waals surface area contributed by atoms with Gasteiger partial charge in [-0.1, -0.05) is 18.2 Å². The van der Waals surface area contributed by atoms with Gasteiger partial charge in [0.05, 0.1) is 6.54 Å². The van der Waals surface area contributed by atoms with Crippen LogP contribution in [0.2, 0.25) is 0 Å². The summed E-state index contributed by atoms with van der Waals surface area (Å²) in [5.74, 6) is 0.402. The highest BCUT2D eigenvalue weighted by Crippen LogP contribution is 2.29. The van der Waals surface area contributed by atoms with Crippen LogP contribution in [0.1, 0.15) is 30.2 Å². The first-order valence-corrected chi connectivity index (χ1v) is 8.66. The Labute approximate surface area is 150 Å². The molecular formula is C20H19N3O3. The Kier molecular flexibility index (Phi) is 4.39. The Morgan fingerprint density at radius 1 is 1.15 bits per heavy atom. The molecule has 6 heteroatoms. The lowest BCUT2D eigenvalue weighted by Gasteiger charge is -2.17. The van der Waals surface area contributed by atoms with E-state index in [1.54, 1.807) is 12.4 Å². The fourth-order valence-electron chi connectivity index (χ4n) is 2.89. The Bertz CT molecular complexity index is 899. The summed E-state index contributed by atoms with van der Waals surface area (Å²) in [5.41, 5.74) is 1.62. The van der Waals surface area contributed by atoms with Crippen LogP contribution < -0.4 is 10.6 Å². The van der Waals surface area contributed by atoms with Gasteiger partial charge in [0, 0.05) is 23.7 Å². The molecule has 0 aliphatic heterocycles. The number of carbonyl (C=O) groups excluding carboxylic acids is 2. The number of nitrogens with one attached hydrogen (secondary N) is 2. The van der Waals surface area contributed by atoms with Gasteiger partial charge in [-0.05, 0) is 42.7 Å². The molecule has 2 heterocycles. The predicted octanol–water partition coefficient (Wildman–Crippen LogP) is 2.56. The number of hydrogen-bond donors (Lipinski definition) is 2. The number of carbonyl (C=O) groups is 2. The minimum Gasteiger partial charge on any atom is -0.459 e. The standard InChI is InChI=1S/C20H19N3O3/c24-18(12-22-20(25)14-5-6-14)23-19(13-7-9-21-10-8-13)17-11-15-3-1-2-4-16(15)26-17/h1-4,7-11,14,19H,5-6,12H2,(H,22,25)(H,23,24). The van der Waals surface area contributed by atoms with Crippen LogP contribution in [0.5, 0.6) is 0 Å². The van der Waals surface area contributed by atoms with Crippen molar-refractivity contribution < 1.29 is 14.0 Å². The molecule has 3 aromatic rings. The summed E-state index contributed by atoms with van der Waals surface area (Å²) in [5, 5.41) is 6.61. The first kappa shape index (κ1) is 16.3. The molecule has 2 amide bonds. The lowest BCUT2D eigenvalue weighted by atomic mass is 10.1. The van der Waals surface area contributed by atoms with E-state index < -0.39 is 6.04 Å². The maximum Gasteiger partial charge on any atom is 0.240 e. The van der Waals surface area contributed by atoms with Gasteiger partial charge in [-0.2, -0.15) is 0 Å². The van der Waals surface area contributed by atoms with Crippen molar-refractivity contribution in [2.75, 3.05) is 6.54 Å². The first-order chi connectivity index (χ1) is 12.7. The fraction of sp³-hybridized carbons (Fsp3) is 0.250. The highest BCUT2D eigenvalue weighted by Gasteiger charge is 2.30. The van der Waals surface area contributed by atoms with E-state index in [-0.39, 0.29) is 24.3 Å². The molecule has 0 spiro atoms. The number of fused-ring (bicyclic) bond motifs is 1. The van der Waals surface area contributed by atoms with E-state index >= 15 is 0 Å². The average molecular weight is 349 g/mol. The Balaban J connectivity index is 1.54. The van der Waals surface area contributed by atoms with Crippen molar-refractivity contribution in [1.29, 1.82) is 0 Å². The summed E-state index contributed by atoms with van der Waals surface area (Å²) in [6.45, 7) is -0.0445. The molecule has 26 heavy (non-hydrogen) atoms. The summed E-state index contributed by atoms with van der Waals surface area (Å²) in [7, 11) is 0. The third kappa shape index (κ3) is 3.59. The number of benzene rings is 1. The van der Waals surface area contributed by atoms with Crippen molar-refractivity contribution in [2.45, 2.75) is 18.9 Å². The molecule has 132 valence electrons. The molecule has 0 bridgehead atoms. The molecule has 1 fully saturated rings. The minimum absolute atomic E-state index is 0.0445. The molecule has 1 atom stereocenters. The van der Waals surface area contributed by atoms with Gasteiger partial charge in [-0.15, -0.1) is 0 Å².